The molecule has 1 heterocycles. The fraction of sp³-hybridized carbons (Fsp3) is 0.538. The van der Waals surface area contributed by atoms with Crippen LogP contribution in [0.2, 0.25) is 0 Å². The number of hydrogen-bond donors (Lipinski definition) is 2. The summed E-state index contributed by atoms with van der Waals surface area (Å²) in [5.41, 5.74) is 12.2. The number of amides is 1. The zero-order valence-electron chi connectivity index (χ0n) is 11.1. The van der Waals surface area contributed by atoms with Gasteiger partial charge in [-0.1, -0.05) is 13.8 Å². The van der Waals surface area contributed by atoms with Gasteiger partial charge in [0, 0.05) is 31.0 Å². The van der Waals surface area contributed by atoms with Gasteiger partial charge in [-0.3, -0.25) is 9.78 Å². The van der Waals surface area contributed by atoms with Gasteiger partial charge in [-0.2, -0.15) is 0 Å². The number of primary amides is 1. The Hall–Kier alpha value is -1.62. The maximum atomic E-state index is 11.2. The van der Waals surface area contributed by atoms with Crippen molar-refractivity contribution in [1.29, 1.82) is 0 Å². The number of carbonyl (C=O) groups excluding carboxylic acids is 1. The zero-order valence-corrected chi connectivity index (χ0v) is 11.1. The molecule has 0 unspecified atom stereocenters. The third-order valence-electron chi connectivity index (χ3n) is 3.08. The first-order chi connectivity index (χ1) is 8.63. The summed E-state index contributed by atoms with van der Waals surface area (Å²) in [5, 5.41) is 0. The third kappa shape index (κ3) is 3.43. The lowest BCUT2D eigenvalue weighted by molar-refractivity contribution is 0.0995. The van der Waals surface area contributed by atoms with E-state index in [1.165, 1.54) is 0 Å². The molecule has 0 aliphatic heterocycles. The molecule has 100 valence electrons. The van der Waals surface area contributed by atoms with E-state index in [2.05, 4.69) is 23.7 Å². The van der Waals surface area contributed by atoms with Gasteiger partial charge in [0.25, 0.3) is 5.91 Å². The summed E-state index contributed by atoms with van der Waals surface area (Å²) >= 11 is 0. The van der Waals surface area contributed by atoms with E-state index < -0.39 is 5.91 Å². The van der Waals surface area contributed by atoms with Gasteiger partial charge < -0.3 is 16.4 Å². The number of anilines is 1. The van der Waals surface area contributed by atoms with Crippen molar-refractivity contribution in [3.8, 4) is 0 Å². The second-order valence-corrected chi connectivity index (χ2v) is 4.22. The molecule has 1 aromatic rings. The highest BCUT2D eigenvalue weighted by Crippen LogP contribution is 2.20. The van der Waals surface area contributed by atoms with Gasteiger partial charge >= 0.3 is 0 Å². The summed E-state index contributed by atoms with van der Waals surface area (Å²) in [4.78, 5) is 17.3. The van der Waals surface area contributed by atoms with Crippen LogP contribution in [-0.4, -0.2) is 30.0 Å². The topological polar surface area (TPSA) is 85.2 Å². The molecule has 4 N–H and O–H groups in total. The molecule has 0 bridgehead atoms. The van der Waals surface area contributed by atoms with E-state index in [1.54, 1.807) is 12.3 Å². The van der Waals surface area contributed by atoms with Crippen molar-refractivity contribution < 1.29 is 4.79 Å². The summed E-state index contributed by atoms with van der Waals surface area (Å²) in [6, 6.07) is 4.04. The summed E-state index contributed by atoms with van der Waals surface area (Å²) < 4.78 is 0. The molecule has 0 fully saturated rings. The van der Waals surface area contributed by atoms with Crippen molar-refractivity contribution in [2.75, 3.05) is 18.0 Å². The van der Waals surface area contributed by atoms with E-state index in [4.69, 9.17) is 11.5 Å². The van der Waals surface area contributed by atoms with Crippen molar-refractivity contribution >= 4 is 11.6 Å². The van der Waals surface area contributed by atoms with Crippen LogP contribution in [0.3, 0.4) is 0 Å². The molecule has 1 aromatic heterocycles. The Balaban J connectivity index is 3.04. The van der Waals surface area contributed by atoms with Gasteiger partial charge in [-0.15, -0.1) is 0 Å². The molecule has 0 spiro atoms. The van der Waals surface area contributed by atoms with Crippen LogP contribution >= 0.6 is 0 Å². The van der Waals surface area contributed by atoms with Gasteiger partial charge in [0.05, 0.1) is 0 Å². The minimum atomic E-state index is -0.505. The number of rotatable bonds is 7. The van der Waals surface area contributed by atoms with Crippen molar-refractivity contribution in [2.45, 2.75) is 32.7 Å². The molecular formula is C13H22N4O. The van der Waals surface area contributed by atoms with Crippen LogP contribution in [0, 0.1) is 0 Å². The van der Waals surface area contributed by atoms with Gasteiger partial charge in [0.1, 0.15) is 5.69 Å². The van der Waals surface area contributed by atoms with Crippen LogP contribution in [0.4, 0.5) is 5.69 Å². The average molecular weight is 250 g/mol. The predicted molar refractivity (Wildman–Crippen MR) is 73.5 cm³/mol. The summed E-state index contributed by atoms with van der Waals surface area (Å²) in [7, 11) is 0. The van der Waals surface area contributed by atoms with Crippen molar-refractivity contribution in [2.24, 2.45) is 11.5 Å². The quantitative estimate of drug-likeness (QED) is 0.759. The molecule has 0 radical (unpaired) electrons. The highest BCUT2D eigenvalue weighted by molar-refractivity contribution is 5.91. The molecule has 0 saturated heterocycles. The number of hydrogen-bond acceptors (Lipinski definition) is 4. The average Bonchev–Trinajstić information content (AvgIpc) is 2.39. The molecule has 1 amide bonds. The van der Waals surface area contributed by atoms with Gasteiger partial charge in [-0.25, -0.2) is 0 Å². The number of nitrogens with two attached hydrogens (primary N) is 2. The molecule has 1 rings (SSSR count). The lowest BCUT2D eigenvalue weighted by Crippen LogP contribution is -2.38. The Morgan fingerprint density at radius 1 is 1.44 bits per heavy atom. The molecule has 0 aliphatic carbocycles. The minimum Gasteiger partial charge on any atom is -0.367 e. The van der Waals surface area contributed by atoms with Gasteiger partial charge in [0.2, 0.25) is 0 Å². The zero-order chi connectivity index (χ0) is 13.5. The van der Waals surface area contributed by atoms with Gasteiger partial charge in [0.15, 0.2) is 0 Å². The summed E-state index contributed by atoms with van der Waals surface area (Å²) in [5.74, 6) is -0.505. The number of carbonyl (C=O) groups is 1. The maximum Gasteiger partial charge on any atom is 0.267 e. The second-order valence-electron chi connectivity index (χ2n) is 4.22. The Labute approximate surface area is 108 Å². The molecule has 0 aliphatic rings. The van der Waals surface area contributed by atoms with E-state index in [0.717, 1.165) is 25.1 Å². The monoisotopic (exact) mass is 250 g/mol. The molecule has 5 heteroatoms. The van der Waals surface area contributed by atoms with Crippen LogP contribution in [-0.2, 0) is 0 Å². The van der Waals surface area contributed by atoms with E-state index >= 15 is 0 Å². The molecule has 0 atom stereocenters. The first kappa shape index (κ1) is 14.4. The smallest absolute Gasteiger partial charge is 0.267 e. The van der Waals surface area contributed by atoms with Crippen molar-refractivity contribution in [3.05, 3.63) is 24.0 Å². The lowest BCUT2D eigenvalue weighted by atomic mass is 10.1. The largest absolute Gasteiger partial charge is 0.367 e. The van der Waals surface area contributed by atoms with Crippen LogP contribution in [0.15, 0.2) is 18.3 Å². The third-order valence-corrected chi connectivity index (χ3v) is 3.08. The molecule has 0 aromatic carbocycles. The Kier molecular flexibility index (Phi) is 5.58. The first-order valence-electron chi connectivity index (χ1n) is 6.36. The molecule has 5 nitrogen and oxygen atoms in total. The van der Waals surface area contributed by atoms with Crippen LogP contribution < -0.4 is 16.4 Å². The second kappa shape index (κ2) is 6.96. The minimum absolute atomic E-state index is 0.292. The summed E-state index contributed by atoms with van der Waals surface area (Å²) in [6.45, 7) is 5.63. The highest BCUT2D eigenvalue weighted by Gasteiger charge is 2.16. The molecular weight excluding hydrogens is 228 g/mol. The number of pyridine rings is 1. The maximum absolute atomic E-state index is 11.2. The summed E-state index contributed by atoms with van der Waals surface area (Å²) in [6.07, 6.45) is 3.68. The van der Waals surface area contributed by atoms with E-state index in [-0.39, 0.29) is 0 Å². The van der Waals surface area contributed by atoms with Gasteiger partial charge in [-0.05, 0) is 25.0 Å². The lowest BCUT2D eigenvalue weighted by Gasteiger charge is -2.32. The van der Waals surface area contributed by atoms with E-state index in [0.29, 0.717) is 18.3 Å². The van der Waals surface area contributed by atoms with Crippen LogP contribution in [0.25, 0.3) is 0 Å². The fourth-order valence-electron chi connectivity index (χ4n) is 2.12. The predicted octanol–water partition coefficient (Wildman–Crippen LogP) is 1.13. The Morgan fingerprint density at radius 3 is 2.61 bits per heavy atom. The number of nitrogens with zero attached hydrogens (tertiary/aromatic N) is 2. The number of aromatic nitrogens is 1. The fourth-order valence-corrected chi connectivity index (χ4v) is 2.12. The van der Waals surface area contributed by atoms with Crippen molar-refractivity contribution in [3.63, 3.8) is 0 Å². The first-order valence-corrected chi connectivity index (χ1v) is 6.36. The van der Waals surface area contributed by atoms with E-state index in [1.807, 2.05) is 6.07 Å². The molecule has 0 saturated carbocycles. The van der Waals surface area contributed by atoms with E-state index in [9.17, 15) is 4.79 Å². The highest BCUT2D eigenvalue weighted by atomic mass is 16.1. The Morgan fingerprint density at radius 2 is 2.11 bits per heavy atom. The SMILES string of the molecule is CCC(CC)N(CCN)c1ccnc(C(N)=O)c1. The standard InChI is InChI=1S/C13H22N4O/c1-3-10(4-2)17(8-6-14)11-5-7-16-12(9-11)13(15)18/h5,7,9-10H,3-4,6,8,14H2,1-2H3,(H2,15,18). The van der Waals surface area contributed by atoms with Crippen molar-refractivity contribution in [1.82, 2.24) is 4.98 Å². The van der Waals surface area contributed by atoms with Crippen LogP contribution in [0.5, 0.6) is 0 Å². The normalized spacial score (nSPS) is 10.7. The van der Waals surface area contributed by atoms with Crippen LogP contribution in [0.1, 0.15) is 37.2 Å². The molecule has 18 heavy (non-hydrogen) atoms. The Bertz CT molecular complexity index is 390.